The summed E-state index contributed by atoms with van der Waals surface area (Å²) in [5.41, 5.74) is -0.553. The Bertz CT molecular complexity index is 1020. The zero-order valence-electron chi connectivity index (χ0n) is 15.3. The van der Waals surface area contributed by atoms with Gasteiger partial charge in [-0.25, -0.2) is 4.79 Å². The van der Waals surface area contributed by atoms with Gasteiger partial charge in [0.25, 0.3) is 5.89 Å². The minimum Gasteiger partial charge on any atom is -0.497 e. The van der Waals surface area contributed by atoms with Crippen LogP contribution < -0.4 is 9.47 Å². The van der Waals surface area contributed by atoms with E-state index in [0.717, 1.165) is 12.1 Å². The van der Waals surface area contributed by atoms with Gasteiger partial charge in [-0.3, -0.25) is 0 Å². The summed E-state index contributed by atoms with van der Waals surface area (Å²) in [6, 6.07) is 9.06. The van der Waals surface area contributed by atoms with Crippen molar-refractivity contribution in [2.45, 2.75) is 12.8 Å². The number of nitrogens with zero attached hydrogens (tertiary/aromatic N) is 2. The highest BCUT2D eigenvalue weighted by Crippen LogP contribution is 2.31. The van der Waals surface area contributed by atoms with Crippen LogP contribution in [0.25, 0.3) is 11.4 Å². The molecule has 0 aliphatic rings. The molecule has 0 aliphatic heterocycles. The van der Waals surface area contributed by atoms with Crippen molar-refractivity contribution in [1.82, 2.24) is 10.1 Å². The molecule has 3 aromatic rings. The average Bonchev–Trinajstić information content (AvgIpc) is 3.20. The summed E-state index contributed by atoms with van der Waals surface area (Å²) in [4.78, 5) is 16.2. The van der Waals surface area contributed by atoms with Crippen LogP contribution in [0.1, 0.15) is 21.8 Å². The molecule has 0 aliphatic carbocycles. The molecule has 0 saturated carbocycles. The predicted octanol–water partition coefficient (Wildman–Crippen LogP) is 4.13. The largest absolute Gasteiger partial charge is 0.497 e. The number of benzene rings is 2. The second-order valence-corrected chi connectivity index (χ2v) is 5.73. The van der Waals surface area contributed by atoms with Crippen LogP contribution >= 0.6 is 0 Å². The summed E-state index contributed by atoms with van der Waals surface area (Å²) >= 11 is 0. The molecule has 0 atom stereocenters. The van der Waals surface area contributed by atoms with Crippen molar-refractivity contribution in [3.05, 3.63) is 59.5 Å². The lowest BCUT2D eigenvalue weighted by molar-refractivity contribution is -0.137. The van der Waals surface area contributed by atoms with Crippen LogP contribution in [-0.4, -0.2) is 30.3 Å². The fraction of sp³-hybridized carbons (Fsp3) is 0.211. The molecule has 0 bridgehead atoms. The Morgan fingerprint density at radius 1 is 1.10 bits per heavy atom. The van der Waals surface area contributed by atoms with Gasteiger partial charge in [-0.05, 0) is 24.3 Å². The normalized spacial score (nSPS) is 11.2. The highest BCUT2D eigenvalue weighted by atomic mass is 19.4. The summed E-state index contributed by atoms with van der Waals surface area (Å²) in [7, 11) is 2.87. The summed E-state index contributed by atoms with van der Waals surface area (Å²) < 4.78 is 58.8. The van der Waals surface area contributed by atoms with E-state index >= 15 is 0 Å². The second kappa shape index (κ2) is 8.21. The highest BCUT2D eigenvalue weighted by Gasteiger charge is 2.30. The maximum Gasteiger partial charge on any atom is 0.416 e. The Balaban J connectivity index is 1.71. The number of hydrogen-bond acceptors (Lipinski definition) is 7. The lowest BCUT2D eigenvalue weighted by atomic mass is 10.1. The monoisotopic (exact) mass is 408 g/mol. The van der Waals surface area contributed by atoms with Crippen LogP contribution in [0.3, 0.4) is 0 Å². The molecule has 3 rings (SSSR count). The number of hydrogen-bond donors (Lipinski definition) is 0. The first kappa shape index (κ1) is 20.2. The Morgan fingerprint density at radius 3 is 2.59 bits per heavy atom. The van der Waals surface area contributed by atoms with Crippen LogP contribution in [0, 0.1) is 0 Å². The SMILES string of the molecule is COc1ccc(C(=O)OCc2nc(-c3cccc(C(F)(F)F)c3)no2)c(OC)c1. The van der Waals surface area contributed by atoms with E-state index in [1.165, 1.54) is 38.5 Å². The van der Waals surface area contributed by atoms with E-state index < -0.39 is 17.7 Å². The minimum atomic E-state index is -4.49. The molecule has 7 nitrogen and oxygen atoms in total. The van der Waals surface area contributed by atoms with Gasteiger partial charge in [0.1, 0.15) is 17.1 Å². The number of rotatable bonds is 6. The van der Waals surface area contributed by atoms with E-state index in [0.29, 0.717) is 5.75 Å². The van der Waals surface area contributed by atoms with Crippen molar-refractivity contribution in [3.8, 4) is 22.9 Å². The Hall–Kier alpha value is -3.56. The first-order valence-corrected chi connectivity index (χ1v) is 8.21. The van der Waals surface area contributed by atoms with E-state index in [4.69, 9.17) is 18.7 Å². The number of carbonyl (C=O) groups is 1. The third-order valence-electron chi connectivity index (χ3n) is 3.87. The molecule has 1 heterocycles. The van der Waals surface area contributed by atoms with Gasteiger partial charge in [-0.2, -0.15) is 18.2 Å². The molecular weight excluding hydrogens is 393 g/mol. The standard InChI is InChI=1S/C19H15F3N2O5/c1-26-13-6-7-14(15(9-13)27-2)18(25)28-10-16-23-17(24-29-16)11-4-3-5-12(8-11)19(20,21)22/h3-9H,10H2,1-2H3. The van der Waals surface area contributed by atoms with E-state index in [2.05, 4.69) is 10.1 Å². The molecule has 0 fully saturated rings. The molecule has 10 heteroatoms. The Morgan fingerprint density at radius 2 is 1.90 bits per heavy atom. The number of alkyl halides is 3. The molecule has 0 spiro atoms. The maximum atomic E-state index is 12.8. The molecule has 2 aromatic carbocycles. The summed E-state index contributed by atoms with van der Waals surface area (Å²) in [5.74, 6) is -0.0729. The first-order chi connectivity index (χ1) is 13.8. The zero-order valence-corrected chi connectivity index (χ0v) is 15.3. The topological polar surface area (TPSA) is 83.7 Å². The van der Waals surface area contributed by atoms with Crippen molar-refractivity contribution < 1.29 is 36.7 Å². The molecule has 1 aromatic heterocycles. The number of carbonyl (C=O) groups excluding carboxylic acids is 1. The highest BCUT2D eigenvalue weighted by molar-refractivity contribution is 5.92. The number of esters is 1. The Kier molecular flexibility index (Phi) is 5.71. The van der Waals surface area contributed by atoms with Crippen molar-refractivity contribution >= 4 is 5.97 Å². The summed E-state index contributed by atoms with van der Waals surface area (Å²) in [6.07, 6.45) is -4.49. The van der Waals surface area contributed by atoms with Crippen molar-refractivity contribution in [1.29, 1.82) is 0 Å². The van der Waals surface area contributed by atoms with Crippen molar-refractivity contribution in [2.24, 2.45) is 0 Å². The van der Waals surface area contributed by atoms with Gasteiger partial charge in [0.2, 0.25) is 5.82 Å². The maximum absolute atomic E-state index is 12.8. The first-order valence-electron chi connectivity index (χ1n) is 8.21. The van der Waals surface area contributed by atoms with Crippen LogP contribution in [0.15, 0.2) is 47.0 Å². The third kappa shape index (κ3) is 4.65. The van der Waals surface area contributed by atoms with Gasteiger partial charge in [-0.1, -0.05) is 17.3 Å². The predicted molar refractivity (Wildman–Crippen MR) is 93.4 cm³/mol. The number of halogens is 3. The lowest BCUT2D eigenvalue weighted by Gasteiger charge is -2.09. The molecule has 152 valence electrons. The van der Waals surface area contributed by atoms with Gasteiger partial charge >= 0.3 is 12.1 Å². The molecular formula is C19H15F3N2O5. The molecule has 0 N–H and O–H groups in total. The molecule has 0 amide bonds. The van der Waals surface area contributed by atoms with Crippen LogP contribution in [0.4, 0.5) is 13.2 Å². The van der Waals surface area contributed by atoms with E-state index in [1.807, 2.05) is 0 Å². The number of methoxy groups -OCH3 is 2. The third-order valence-corrected chi connectivity index (χ3v) is 3.87. The van der Waals surface area contributed by atoms with Crippen LogP contribution in [0.2, 0.25) is 0 Å². The molecule has 29 heavy (non-hydrogen) atoms. The van der Waals surface area contributed by atoms with Crippen molar-refractivity contribution in [3.63, 3.8) is 0 Å². The lowest BCUT2D eigenvalue weighted by Crippen LogP contribution is -2.07. The van der Waals surface area contributed by atoms with Gasteiger partial charge in [0.15, 0.2) is 6.61 Å². The smallest absolute Gasteiger partial charge is 0.416 e. The number of aromatic nitrogens is 2. The molecule has 0 radical (unpaired) electrons. The summed E-state index contributed by atoms with van der Waals surface area (Å²) in [6.45, 7) is -0.361. The molecule has 0 saturated heterocycles. The van der Waals surface area contributed by atoms with Crippen LogP contribution in [-0.2, 0) is 17.5 Å². The van der Waals surface area contributed by atoms with Gasteiger partial charge in [0.05, 0.1) is 19.8 Å². The fourth-order valence-electron chi connectivity index (χ4n) is 2.44. The van der Waals surface area contributed by atoms with E-state index in [-0.39, 0.29) is 35.2 Å². The van der Waals surface area contributed by atoms with Crippen LogP contribution in [0.5, 0.6) is 11.5 Å². The van der Waals surface area contributed by atoms with Gasteiger partial charge in [0, 0.05) is 11.6 Å². The fourth-order valence-corrected chi connectivity index (χ4v) is 2.44. The minimum absolute atomic E-state index is 0.0517. The van der Waals surface area contributed by atoms with Gasteiger partial charge < -0.3 is 18.7 Å². The van der Waals surface area contributed by atoms with Crippen molar-refractivity contribution in [2.75, 3.05) is 14.2 Å². The number of ether oxygens (including phenoxy) is 3. The van der Waals surface area contributed by atoms with Gasteiger partial charge in [-0.15, -0.1) is 0 Å². The summed E-state index contributed by atoms with van der Waals surface area (Å²) in [5, 5.41) is 3.63. The quantitative estimate of drug-likeness (QED) is 0.567. The average molecular weight is 408 g/mol. The zero-order chi connectivity index (χ0) is 21.0. The van der Waals surface area contributed by atoms with E-state index in [1.54, 1.807) is 6.07 Å². The van der Waals surface area contributed by atoms with E-state index in [9.17, 15) is 18.0 Å². The molecule has 0 unspecified atom stereocenters. The second-order valence-electron chi connectivity index (χ2n) is 5.73. The Labute approximate surface area is 163 Å².